The number of methoxy groups -OCH3 is 2. The number of nitrogens with zero attached hydrogens (tertiary/aromatic N) is 1. The summed E-state index contributed by atoms with van der Waals surface area (Å²) in [5.41, 5.74) is -0.579. The van der Waals surface area contributed by atoms with Gasteiger partial charge in [-0.1, -0.05) is 0 Å². The maximum Gasteiger partial charge on any atom is 0.243 e. The summed E-state index contributed by atoms with van der Waals surface area (Å²) in [7, 11) is -0.619. The smallest absolute Gasteiger partial charge is 0.243 e. The molecule has 1 aromatic carbocycles. The predicted molar refractivity (Wildman–Crippen MR) is 78.3 cm³/mol. The molecule has 1 aliphatic heterocycles. The van der Waals surface area contributed by atoms with Crippen molar-refractivity contribution in [1.29, 1.82) is 0 Å². The van der Waals surface area contributed by atoms with Crippen molar-refractivity contribution < 1.29 is 22.6 Å². The minimum absolute atomic E-state index is 0.190. The third kappa shape index (κ3) is 3.00. The number of rotatable bonds is 4. The maximum atomic E-state index is 12.8. The van der Waals surface area contributed by atoms with Gasteiger partial charge in [-0.25, -0.2) is 8.42 Å². The van der Waals surface area contributed by atoms with Crippen molar-refractivity contribution in [2.45, 2.75) is 24.3 Å². The van der Waals surface area contributed by atoms with Gasteiger partial charge in [-0.05, 0) is 26.0 Å². The lowest BCUT2D eigenvalue weighted by atomic mass is 10.1. The first-order valence-electron chi connectivity index (χ1n) is 6.65. The molecule has 2 rings (SSSR count). The summed E-state index contributed by atoms with van der Waals surface area (Å²) < 4.78 is 42.9. The SMILES string of the molecule is COc1ccc(S(=O)(=O)N2CCOCC2(C)C)cc1OC. The van der Waals surface area contributed by atoms with Crippen LogP contribution < -0.4 is 9.47 Å². The molecule has 0 aliphatic carbocycles. The molecule has 118 valence electrons. The lowest BCUT2D eigenvalue weighted by molar-refractivity contribution is -0.00771. The van der Waals surface area contributed by atoms with E-state index in [-0.39, 0.29) is 4.90 Å². The van der Waals surface area contributed by atoms with Crippen LogP contribution in [0.1, 0.15) is 13.8 Å². The highest BCUT2D eigenvalue weighted by Gasteiger charge is 2.40. The first-order valence-corrected chi connectivity index (χ1v) is 8.09. The normalized spacial score (nSPS) is 19.2. The molecular weight excluding hydrogens is 294 g/mol. The number of hydrogen-bond acceptors (Lipinski definition) is 5. The fraction of sp³-hybridized carbons (Fsp3) is 0.571. The Bertz CT molecular complexity index is 612. The molecule has 0 spiro atoms. The van der Waals surface area contributed by atoms with E-state index in [1.165, 1.54) is 30.7 Å². The number of benzene rings is 1. The molecule has 6 nitrogen and oxygen atoms in total. The van der Waals surface area contributed by atoms with Crippen molar-refractivity contribution in [3.8, 4) is 11.5 Å². The average Bonchev–Trinajstić information content (AvgIpc) is 2.45. The molecule has 0 radical (unpaired) electrons. The van der Waals surface area contributed by atoms with E-state index in [0.29, 0.717) is 31.3 Å². The summed E-state index contributed by atoms with van der Waals surface area (Å²) in [6, 6.07) is 4.61. The lowest BCUT2D eigenvalue weighted by Crippen LogP contribution is -2.55. The van der Waals surface area contributed by atoms with Crippen LogP contribution in [0.25, 0.3) is 0 Å². The molecule has 1 heterocycles. The molecular formula is C14H21NO5S. The van der Waals surface area contributed by atoms with Gasteiger partial charge in [0.2, 0.25) is 10.0 Å². The third-order valence-corrected chi connectivity index (χ3v) is 5.62. The highest BCUT2D eigenvalue weighted by molar-refractivity contribution is 7.89. The van der Waals surface area contributed by atoms with Crippen LogP contribution in [0, 0.1) is 0 Å². The highest BCUT2D eigenvalue weighted by Crippen LogP contribution is 2.33. The molecule has 0 bridgehead atoms. The van der Waals surface area contributed by atoms with Crippen LogP contribution in [0.4, 0.5) is 0 Å². The zero-order valence-corrected chi connectivity index (χ0v) is 13.6. The van der Waals surface area contributed by atoms with Crippen LogP contribution in [0.3, 0.4) is 0 Å². The Balaban J connectivity index is 2.44. The fourth-order valence-electron chi connectivity index (χ4n) is 2.39. The van der Waals surface area contributed by atoms with Gasteiger partial charge in [0, 0.05) is 12.6 Å². The van der Waals surface area contributed by atoms with Gasteiger partial charge in [0.05, 0.1) is 37.9 Å². The number of morpholine rings is 1. The second kappa shape index (κ2) is 5.82. The Kier molecular flexibility index (Phi) is 4.46. The number of ether oxygens (including phenoxy) is 3. The van der Waals surface area contributed by atoms with Crippen molar-refractivity contribution >= 4 is 10.0 Å². The summed E-state index contributed by atoms with van der Waals surface area (Å²) in [6.07, 6.45) is 0. The van der Waals surface area contributed by atoms with Crippen molar-refractivity contribution in [2.24, 2.45) is 0 Å². The molecule has 7 heteroatoms. The van der Waals surface area contributed by atoms with Crippen LogP contribution in [0.5, 0.6) is 11.5 Å². The van der Waals surface area contributed by atoms with Crippen LogP contribution in [-0.2, 0) is 14.8 Å². The summed E-state index contributed by atoms with van der Waals surface area (Å²) in [5.74, 6) is 0.891. The zero-order valence-electron chi connectivity index (χ0n) is 12.8. The molecule has 1 aromatic rings. The summed E-state index contributed by atoms with van der Waals surface area (Å²) in [5, 5.41) is 0. The van der Waals surface area contributed by atoms with Gasteiger partial charge in [0.1, 0.15) is 0 Å². The Labute approximate surface area is 125 Å². The Morgan fingerprint density at radius 3 is 2.43 bits per heavy atom. The van der Waals surface area contributed by atoms with E-state index in [1.54, 1.807) is 6.07 Å². The van der Waals surface area contributed by atoms with Crippen LogP contribution >= 0.6 is 0 Å². The van der Waals surface area contributed by atoms with Crippen LogP contribution in [0.15, 0.2) is 23.1 Å². The van der Waals surface area contributed by atoms with Crippen molar-refractivity contribution in [1.82, 2.24) is 4.31 Å². The minimum Gasteiger partial charge on any atom is -0.493 e. The largest absolute Gasteiger partial charge is 0.493 e. The summed E-state index contributed by atoms with van der Waals surface area (Å²) >= 11 is 0. The molecule has 0 saturated carbocycles. The van der Waals surface area contributed by atoms with Gasteiger partial charge in [-0.2, -0.15) is 4.31 Å². The molecule has 0 amide bonds. The molecule has 0 unspecified atom stereocenters. The van der Waals surface area contributed by atoms with Crippen molar-refractivity contribution in [2.75, 3.05) is 34.0 Å². The van der Waals surface area contributed by atoms with Crippen LogP contribution in [0.2, 0.25) is 0 Å². The van der Waals surface area contributed by atoms with Crippen molar-refractivity contribution in [3.05, 3.63) is 18.2 Å². The van der Waals surface area contributed by atoms with E-state index in [4.69, 9.17) is 14.2 Å². The van der Waals surface area contributed by atoms with Gasteiger partial charge < -0.3 is 14.2 Å². The van der Waals surface area contributed by atoms with E-state index in [0.717, 1.165) is 0 Å². The zero-order chi connectivity index (χ0) is 15.7. The maximum absolute atomic E-state index is 12.8. The number of sulfonamides is 1. The Morgan fingerprint density at radius 1 is 1.19 bits per heavy atom. The topological polar surface area (TPSA) is 65.1 Å². The molecule has 0 aromatic heterocycles. The second-order valence-electron chi connectivity index (χ2n) is 5.46. The summed E-state index contributed by atoms with van der Waals surface area (Å²) in [6.45, 7) is 4.81. The molecule has 0 N–H and O–H groups in total. The van der Waals surface area contributed by atoms with E-state index in [2.05, 4.69) is 0 Å². The third-order valence-electron chi connectivity index (χ3n) is 3.51. The quantitative estimate of drug-likeness (QED) is 0.842. The molecule has 1 aliphatic rings. The molecule has 1 saturated heterocycles. The highest BCUT2D eigenvalue weighted by atomic mass is 32.2. The minimum atomic E-state index is -3.61. The van der Waals surface area contributed by atoms with E-state index < -0.39 is 15.6 Å². The van der Waals surface area contributed by atoms with Gasteiger partial charge in [0.25, 0.3) is 0 Å². The van der Waals surface area contributed by atoms with Crippen molar-refractivity contribution in [3.63, 3.8) is 0 Å². The molecule has 21 heavy (non-hydrogen) atoms. The van der Waals surface area contributed by atoms with E-state index in [1.807, 2.05) is 13.8 Å². The lowest BCUT2D eigenvalue weighted by Gasteiger charge is -2.40. The van der Waals surface area contributed by atoms with E-state index >= 15 is 0 Å². The van der Waals surface area contributed by atoms with Crippen LogP contribution in [-0.4, -0.2) is 52.2 Å². The standard InChI is InChI=1S/C14H21NO5S/c1-14(2)10-20-8-7-15(14)21(16,17)11-5-6-12(18-3)13(9-11)19-4/h5-6,9H,7-8,10H2,1-4H3. The van der Waals surface area contributed by atoms with Gasteiger partial charge in [-0.15, -0.1) is 0 Å². The molecule has 1 fully saturated rings. The van der Waals surface area contributed by atoms with Gasteiger partial charge in [0.15, 0.2) is 11.5 Å². The first kappa shape index (κ1) is 16.1. The first-order chi connectivity index (χ1) is 9.82. The fourth-order valence-corrected chi connectivity index (χ4v) is 4.16. The number of hydrogen-bond donors (Lipinski definition) is 0. The summed E-state index contributed by atoms with van der Waals surface area (Å²) in [4.78, 5) is 0.190. The van der Waals surface area contributed by atoms with Gasteiger partial charge >= 0.3 is 0 Å². The predicted octanol–water partition coefficient (Wildman–Crippen LogP) is 1.50. The molecule has 0 atom stereocenters. The monoisotopic (exact) mass is 315 g/mol. The van der Waals surface area contributed by atoms with E-state index in [9.17, 15) is 8.42 Å². The Morgan fingerprint density at radius 2 is 1.86 bits per heavy atom. The average molecular weight is 315 g/mol. The Hall–Kier alpha value is -1.31. The van der Waals surface area contributed by atoms with Gasteiger partial charge in [-0.3, -0.25) is 0 Å². The second-order valence-corrected chi connectivity index (χ2v) is 7.32.